The standard InChI is InChI=1S/C17H35N3/c1-16(2,3)18(7)10-11-19-12-14-8-9-15(13-19)20(14)17(4,5)6/h14-15H,8-13H2,1-7H3. The maximum absolute atomic E-state index is 2.79. The summed E-state index contributed by atoms with van der Waals surface area (Å²) in [4.78, 5) is 7.97. The Labute approximate surface area is 126 Å². The van der Waals surface area contributed by atoms with Gasteiger partial charge in [-0.3, -0.25) is 9.80 Å². The molecule has 0 radical (unpaired) electrons. The monoisotopic (exact) mass is 281 g/mol. The summed E-state index contributed by atoms with van der Waals surface area (Å²) in [6, 6.07) is 1.57. The summed E-state index contributed by atoms with van der Waals surface area (Å²) in [6.07, 6.45) is 2.79. The first-order valence-corrected chi connectivity index (χ1v) is 8.31. The van der Waals surface area contributed by atoms with Crippen molar-refractivity contribution in [1.29, 1.82) is 0 Å². The number of likely N-dealkylation sites (tertiary alicyclic amines) is 1. The minimum Gasteiger partial charge on any atom is -0.300 e. The van der Waals surface area contributed by atoms with Gasteiger partial charge in [0.2, 0.25) is 0 Å². The molecule has 2 rings (SSSR count). The Balaban J connectivity index is 1.88. The van der Waals surface area contributed by atoms with Crippen LogP contribution in [0.25, 0.3) is 0 Å². The molecule has 0 spiro atoms. The lowest BCUT2D eigenvalue weighted by molar-refractivity contribution is -0.00202. The third kappa shape index (κ3) is 3.55. The molecule has 2 atom stereocenters. The van der Waals surface area contributed by atoms with E-state index in [9.17, 15) is 0 Å². The maximum Gasteiger partial charge on any atom is 0.0232 e. The van der Waals surface area contributed by atoms with Gasteiger partial charge in [0.15, 0.2) is 0 Å². The Morgan fingerprint density at radius 1 is 0.950 bits per heavy atom. The molecule has 2 saturated heterocycles. The van der Waals surface area contributed by atoms with Crippen molar-refractivity contribution in [3.63, 3.8) is 0 Å². The van der Waals surface area contributed by atoms with Gasteiger partial charge in [-0.25, -0.2) is 0 Å². The highest BCUT2D eigenvalue weighted by atomic mass is 15.4. The number of fused-ring (bicyclic) bond motifs is 2. The topological polar surface area (TPSA) is 9.72 Å². The van der Waals surface area contributed by atoms with E-state index >= 15 is 0 Å². The van der Waals surface area contributed by atoms with Gasteiger partial charge in [0.05, 0.1) is 0 Å². The zero-order chi connectivity index (χ0) is 15.1. The first-order chi connectivity index (χ1) is 9.09. The largest absolute Gasteiger partial charge is 0.300 e. The third-order valence-corrected chi connectivity index (χ3v) is 5.23. The normalized spacial score (nSPS) is 29.4. The minimum atomic E-state index is 0.284. The van der Waals surface area contributed by atoms with Gasteiger partial charge in [-0.1, -0.05) is 0 Å². The molecule has 3 nitrogen and oxygen atoms in total. The molecular formula is C17H35N3. The van der Waals surface area contributed by atoms with Gasteiger partial charge < -0.3 is 4.90 Å². The summed E-state index contributed by atoms with van der Waals surface area (Å²) in [7, 11) is 2.25. The van der Waals surface area contributed by atoms with E-state index in [2.05, 4.69) is 63.3 Å². The first-order valence-electron chi connectivity index (χ1n) is 8.31. The van der Waals surface area contributed by atoms with E-state index in [1.54, 1.807) is 0 Å². The van der Waals surface area contributed by atoms with Gasteiger partial charge in [-0.15, -0.1) is 0 Å². The van der Waals surface area contributed by atoms with E-state index in [0.29, 0.717) is 5.54 Å². The Morgan fingerprint density at radius 3 is 1.85 bits per heavy atom. The molecule has 3 heteroatoms. The number of hydrogen-bond acceptors (Lipinski definition) is 3. The smallest absolute Gasteiger partial charge is 0.0232 e. The van der Waals surface area contributed by atoms with Crippen molar-refractivity contribution in [1.82, 2.24) is 14.7 Å². The minimum absolute atomic E-state index is 0.284. The van der Waals surface area contributed by atoms with E-state index < -0.39 is 0 Å². The van der Waals surface area contributed by atoms with Crippen molar-refractivity contribution in [3.05, 3.63) is 0 Å². The predicted molar refractivity (Wildman–Crippen MR) is 87.2 cm³/mol. The van der Waals surface area contributed by atoms with Crippen LogP contribution in [-0.2, 0) is 0 Å². The molecule has 0 aromatic carbocycles. The highest BCUT2D eigenvalue weighted by molar-refractivity contribution is 5.00. The van der Waals surface area contributed by atoms with Crippen LogP contribution < -0.4 is 0 Å². The molecule has 0 aromatic rings. The predicted octanol–water partition coefficient (Wildman–Crippen LogP) is 2.66. The van der Waals surface area contributed by atoms with Crippen molar-refractivity contribution in [2.75, 3.05) is 33.2 Å². The molecule has 0 N–H and O–H groups in total. The molecule has 0 aliphatic carbocycles. The second-order valence-electron chi connectivity index (χ2n) is 8.82. The summed E-state index contributed by atoms with van der Waals surface area (Å²) in [5, 5.41) is 0. The van der Waals surface area contributed by atoms with E-state index in [0.717, 1.165) is 12.1 Å². The molecule has 2 aliphatic rings. The average molecular weight is 281 g/mol. The van der Waals surface area contributed by atoms with Gasteiger partial charge >= 0.3 is 0 Å². The average Bonchev–Trinajstić information content (AvgIpc) is 2.57. The number of rotatable bonds is 3. The molecule has 20 heavy (non-hydrogen) atoms. The summed E-state index contributed by atoms with van der Waals surface area (Å²) < 4.78 is 0. The van der Waals surface area contributed by atoms with Crippen molar-refractivity contribution >= 4 is 0 Å². The fourth-order valence-corrected chi connectivity index (χ4v) is 3.90. The fourth-order valence-electron chi connectivity index (χ4n) is 3.90. The van der Waals surface area contributed by atoms with Crippen molar-refractivity contribution in [2.24, 2.45) is 0 Å². The van der Waals surface area contributed by atoms with Crippen LogP contribution in [0, 0.1) is 0 Å². The highest BCUT2D eigenvalue weighted by Crippen LogP contribution is 2.35. The molecule has 0 saturated carbocycles. The third-order valence-electron chi connectivity index (χ3n) is 5.23. The second-order valence-corrected chi connectivity index (χ2v) is 8.82. The number of likely N-dealkylation sites (N-methyl/N-ethyl adjacent to an activating group) is 1. The van der Waals surface area contributed by atoms with Crippen molar-refractivity contribution in [3.8, 4) is 0 Å². The SMILES string of the molecule is CN(CCN1CC2CCC(C1)N2C(C)(C)C)C(C)(C)C. The summed E-state index contributed by atoms with van der Waals surface area (Å²) in [6.45, 7) is 19.0. The van der Waals surface area contributed by atoms with Gasteiger partial charge in [-0.2, -0.15) is 0 Å². The lowest BCUT2D eigenvalue weighted by Gasteiger charge is -2.48. The molecule has 2 fully saturated rings. The zero-order valence-corrected chi connectivity index (χ0v) is 14.7. The molecule has 2 bridgehead atoms. The van der Waals surface area contributed by atoms with Gasteiger partial charge in [-0.05, 0) is 61.4 Å². The molecule has 2 unspecified atom stereocenters. The summed E-state index contributed by atoms with van der Waals surface area (Å²) >= 11 is 0. The summed E-state index contributed by atoms with van der Waals surface area (Å²) in [5.74, 6) is 0. The lowest BCUT2D eigenvalue weighted by Crippen LogP contribution is -2.60. The Morgan fingerprint density at radius 2 is 1.45 bits per heavy atom. The van der Waals surface area contributed by atoms with Gasteiger partial charge in [0.1, 0.15) is 0 Å². The van der Waals surface area contributed by atoms with E-state index in [-0.39, 0.29) is 5.54 Å². The van der Waals surface area contributed by atoms with Crippen LogP contribution >= 0.6 is 0 Å². The molecular weight excluding hydrogens is 246 g/mol. The van der Waals surface area contributed by atoms with Crippen LogP contribution in [0.5, 0.6) is 0 Å². The van der Waals surface area contributed by atoms with Crippen LogP contribution in [-0.4, -0.2) is 71.1 Å². The first kappa shape index (κ1) is 16.3. The molecule has 0 aromatic heterocycles. The maximum atomic E-state index is 2.79. The zero-order valence-electron chi connectivity index (χ0n) is 14.7. The fraction of sp³-hybridized carbons (Fsp3) is 1.00. The van der Waals surface area contributed by atoms with Crippen LogP contribution in [0.1, 0.15) is 54.4 Å². The van der Waals surface area contributed by atoms with E-state index in [1.807, 2.05) is 0 Å². The Kier molecular flexibility index (Phi) is 4.54. The van der Waals surface area contributed by atoms with Crippen molar-refractivity contribution < 1.29 is 0 Å². The van der Waals surface area contributed by atoms with Crippen LogP contribution in [0.15, 0.2) is 0 Å². The van der Waals surface area contributed by atoms with Gasteiger partial charge in [0, 0.05) is 49.3 Å². The quantitative estimate of drug-likeness (QED) is 0.787. The van der Waals surface area contributed by atoms with Crippen LogP contribution in [0.2, 0.25) is 0 Å². The molecule has 118 valence electrons. The number of nitrogens with zero attached hydrogens (tertiary/aromatic N) is 3. The summed E-state index contributed by atoms with van der Waals surface area (Å²) in [5.41, 5.74) is 0.617. The second kappa shape index (κ2) is 5.58. The Hall–Kier alpha value is -0.120. The molecule has 2 aliphatic heterocycles. The van der Waals surface area contributed by atoms with Crippen LogP contribution in [0.4, 0.5) is 0 Å². The van der Waals surface area contributed by atoms with Gasteiger partial charge in [0.25, 0.3) is 0 Å². The lowest BCUT2D eigenvalue weighted by atomic mass is 10.0. The number of piperazine rings is 1. The molecule has 2 heterocycles. The molecule has 0 amide bonds. The van der Waals surface area contributed by atoms with E-state index in [4.69, 9.17) is 0 Å². The van der Waals surface area contributed by atoms with Crippen molar-refractivity contribution in [2.45, 2.75) is 77.5 Å². The Bertz CT molecular complexity index is 312. The number of hydrogen-bond donors (Lipinski definition) is 0. The highest BCUT2D eigenvalue weighted by Gasteiger charge is 2.44. The van der Waals surface area contributed by atoms with E-state index in [1.165, 1.54) is 39.0 Å². The van der Waals surface area contributed by atoms with Crippen LogP contribution in [0.3, 0.4) is 0 Å².